The Morgan fingerprint density at radius 2 is 1.85 bits per heavy atom. The lowest BCUT2D eigenvalue weighted by Crippen LogP contribution is -2.01. The summed E-state index contributed by atoms with van der Waals surface area (Å²) < 4.78 is 6.77. The van der Waals surface area contributed by atoms with Gasteiger partial charge in [0.15, 0.2) is 0 Å². The van der Waals surface area contributed by atoms with Crippen molar-refractivity contribution in [3.8, 4) is 11.6 Å². The minimum Gasteiger partial charge on any atom is -0.437 e. The van der Waals surface area contributed by atoms with Crippen molar-refractivity contribution in [2.45, 2.75) is 6.54 Å². The van der Waals surface area contributed by atoms with Crippen LogP contribution in [-0.4, -0.2) is 9.97 Å². The molecule has 0 radical (unpaired) electrons. The summed E-state index contributed by atoms with van der Waals surface area (Å²) in [5, 5.41) is 2.25. The fourth-order valence-corrected chi connectivity index (χ4v) is 2.29. The zero-order valence-electron chi connectivity index (χ0n) is 10.6. The fourth-order valence-electron chi connectivity index (χ4n) is 1.91. The van der Waals surface area contributed by atoms with Gasteiger partial charge in [0.05, 0.1) is 11.9 Å². The molecule has 100 valence electrons. The molecule has 0 amide bonds. The van der Waals surface area contributed by atoms with Crippen LogP contribution in [0.4, 0.5) is 0 Å². The van der Waals surface area contributed by atoms with Gasteiger partial charge >= 0.3 is 0 Å². The Balaban J connectivity index is 1.92. The van der Waals surface area contributed by atoms with Crippen LogP contribution in [-0.2, 0) is 6.54 Å². The molecule has 5 heteroatoms. The number of ether oxygens (including phenoxy) is 1. The third kappa shape index (κ3) is 2.79. The number of rotatable bonds is 3. The molecule has 0 bridgehead atoms. The molecule has 1 aromatic heterocycles. The Kier molecular flexibility index (Phi) is 3.62. The van der Waals surface area contributed by atoms with Gasteiger partial charge in [-0.05, 0) is 35.0 Å². The molecule has 3 aromatic rings. The van der Waals surface area contributed by atoms with Crippen molar-refractivity contribution >= 4 is 26.7 Å². The van der Waals surface area contributed by atoms with E-state index in [4.69, 9.17) is 10.5 Å². The minimum absolute atomic E-state index is 0.343. The Morgan fingerprint density at radius 3 is 2.70 bits per heavy atom. The molecular weight excluding hydrogens is 318 g/mol. The van der Waals surface area contributed by atoms with Gasteiger partial charge in [0.2, 0.25) is 5.88 Å². The van der Waals surface area contributed by atoms with Crippen LogP contribution >= 0.6 is 15.9 Å². The van der Waals surface area contributed by atoms with Crippen molar-refractivity contribution in [1.29, 1.82) is 0 Å². The molecular formula is C15H12BrN3O. The lowest BCUT2D eigenvalue weighted by atomic mass is 10.1. The molecule has 2 N–H and O–H groups in total. The highest BCUT2D eigenvalue weighted by Gasteiger charge is 2.02. The molecule has 0 saturated carbocycles. The standard InChI is InChI=1S/C15H12BrN3O/c16-12-3-1-11-6-14(4-2-10(11)5-12)20-15-9-18-8-13(7-17)19-15/h1-6,8-9H,7,17H2. The highest BCUT2D eigenvalue weighted by atomic mass is 79.9. The first-order valence-electron chi connectivity index (χ1n) is 6.13. The van der Waals surface area contributed by atoms with E-state index >= 15 is 0 Å². The first-order valence-corrected chi connectivity index (χ1v) is 6.92. The largest absolute Gasteiger partial charge is 0.437 e. The maximum absolute atomic E-state index is 5.72. The maximum Gasteiger partial charge on any atom is 0.238 e. The molecule has 0 aliphatic carbocycles. The fraction of sp³-hybridized carbons (Fsp3) is 0.0667. The number of fused-ring (bicyclic) bond motifs is 1. The Morgan fingerprint density at radius 1 is 1.05 bits per heavy atom. The average molecular weight is 330 g/mol. The second-order valence-electron chi connectivity index (χ2n) is 4.31. The minimum atomic E-state index is 0.343. The smallest absolute Gasteiger partial charge is 0.238 e. The highest BCUT2D eigenvalue weighted by molar-refractivity contribution is 9.10. The van der Waals surface area contributed by atoms with E-state index in [1.807, 2.05) is 30.3 Å². The number of hydrogen-bond acceptors (Lipinski definition) is 4. The third-order valence-corrected chi connectivity index (χ3v) is 3.36. The van der Waals surface area contributed by atoms with Crippen LogP contribution in [0.1, 0.15) is 5.69 Å². The quantitative estimate of drug-likeness (QED) is 0.796. The molecule has 0 aliphatic heterocycles. The number of nitrogens with two attached hydrogens (primary N) is 1. The van der Waals surface area contributed by atoms with Gasteiger partial charge in [-0.25, -0.2) is 4.98 Å². The lowest BCUT2D eigenvalue weighted by Gasteiger charge is -2.07. The van der Waals surface area contributed by atoms with Gasteiger partial charge in [0, 0.05) is 17.2 Å². The molecule has 20 heavy (non-hydrogen) atoms. The van der Waals surface area contributed by atoms with Crippen LogP contribution in [0.15, 0.2) is 53.3 Å². The van der Waals surface area contributed by atoms with Crippen LogP contribution in [0.5, 0.6) is 11.6 Å². The summed E-state index contributed by atoms with van der Waals surface area (Å²) in [6.45, 7) is 0.343. The van der Waals surface area contributed by atoms with Gasteiger partial charge in [0.1, 0.15) is 5.75 Å². The lowest BCUT2D eigenvalue weighted by molar-refractivity contribution is 0.458. The number of benzene rings is 2. The van der Waals surface area contributed by atoms with E-state index in [0.717, 1.165) is 21.0 Å². The maximum atomic E-state index is 5.72. The number of aromatic nitrogens is 2. The van der Waals surface area contributed by atoms with Crippen molar-refractivity contribution in [3.05, 3.63) is 59.0 Å². The van der Waals surface area contributed by atoms with Crippen LogP contribution in [0.3, 0.4) is 0 Å². The second kappa shape index (κ2) is 5.56. The van der Waals surface area contributed by atoms with Gasteiger partial charge in [-0.15, -0.1) is 0 Å². The third-order valence-electron chi connectivity index (χ3n) is 2.87. The van der Waals surface area contributed by atoms with Crippen molar-refractivity contribution < 1.29 is 4.74 Å². The topological polar surface area (TPSA) is 61.0 Å². The molecule has 0 spiro atoms. The number of nitrogens with zero attached hydrogens (tertiary/aromatic N) is 2. The zero-order valence-corrected chi connectivity index (χ0v) is 12.2. The molecule has 0 aliphatic rings. The highest BCUT2D eigenvalue weighted by Crippen LogP contribution is 2.26. The Bertz CT molecular complexity index is 761. The van der Waals surface area contributed by atoms with E-state index in [0.29, 0.717) is 18.1 Å². The van der Waals surface area contributed by atoms with Crippen LogP contribution in [0.2, 0.25) is 0 Å². The summed E-state index contributed by atoms with van der Waals surface area (Å²) >= 11 is 3.46. The van der Waals surface area contributed by atoms with Gasteiger partial charge in [-0.3, -0.25) is 4.98 Å². The molecule has 0 atom stereocenters. The van der Waals surface area contributed by atoms with E-state index in [-0.39, 0.29) is 0 Å². The van der Waals surface area contributed by atoms with Gasteiger partial charge in [0.25, 0.3) is 0 Å². The van der Waals surface area contributed by atoms with Gasteiger partial charge in [-0.2, -0.15) is 0 Å². The predicted molar refractivity (Wildman–Crippen MR) is 81.6 cm³/mol. The first-order chi connectivity index (χ1) is 9.74. The summed E-state index contributed by atoms with van der Waals surface area (Å²) in [6, 6.07) is 12.0. The molecule has 0 fully saturated rings. The van der Waals surface area contributed by atoms with Crippen LogP contribution in [0.25, 0.3) is 10.8 Å². The Labute approximate surface area is 124 Å². The van der Waals surface area contributed by atoms with E-state index in [2.05, 4.69) is 32.0 Å². The molecule has 2 aromatic carbocycles. The summed E-state index contributed by atoms with van der Waals surface area (Å²) in [6.07, 6.45) is 3.20. The van der Waals surface area contributed by atoms with Crippen molar-refractivity contribution in [2.24, 2.45) is 5.73 Å². The normalized spacial score (nSPS) is 10.7. The average Bonchev–Trinajstić information content (AvgIpc) is 2.47. The molecule has 1 heterocycles. The van der Waals surface area contributed by atoms with Crippen molar-refractivity contribution in [3.63, 3.8) is 0 Å². The van der Waals surface area contributed by atoms with E-state index in [9.17, 15) is 0 Å². The zero-order chi connectivity index (χ0) is 13.9. The van der Waals surface area contributed by atoms with Crippen molar-refractivity contribution in [2.75, 3.05) is 0 Å². The molecule has 3 rings (SSSR count). The first kappa shape index (κ1) is 13.0. The monoisotopic (exact) mass is 329 g/mol. The van der Waals surface area contributed by atoms with Gasteiger partial charge < -0.3 is 10.5 Å². The predicted octanol–water partition coefficient (Wildman–Crippen LogP) is 3.64. The SMILES string of the molecule is NCc1cncc(Oc2ccc3cc(Br)ccc3c2)n1. The number of halogens is 1. The summed E-state index contributed by atoms with van der Waals surface area (Å²) in [4.78, 5) is 8.32. The number of hydrogen-bond donors (Lipinski definition) is 1. The summed E-state index contributed by atoms with van der Waals surface area (Å²) in [7, 11) is 0. The van der Waals surface area contributed by atoms with E-state index in [1.165, 1.54) is 0 Å². The Hall–Kier alpha value is -1.98. The van der Waals surface area contributed by atoms with Gasteiger partial charge in [-0.1, -0.05) is 28.1 Å². The van der Waals surface area contributed by atoms with Crippen LogP contribution in [0, 0.1) is 0 Å². The second-order valence-corrected chi connectivity index (χ2v) is 5.22. The van der Waals surface area contributed by atoms with E-state index in [1.54, 1.807) is 12.4 Å². The van der Waals surface area contributed by atoms with E-state index < -0.39 is 0 Å². The molecule has 0 saturated heterocycles. The molecule has 4 nitrogen and oxygen atoms in total. The molecule has 0 unspecified atom stereocenters. The summed E-state index contributed by atoms with van der Waals surface area (Å²) in [5.74, 6) is 1.17. The van der Waals surface area contributed by atoms with Crippen molar-refractivity contribution in [1.82, 2.24) is 9.97 Å². The summed E-state index contributed by atoms with van der Waals surface area (Å²) in [5.41, 5.74) is 6.24. The van der Waals surface area contributed by atoms with Crippen LogP contribution < -0.4 is 10.5 Å².